The Balaban J connectivity index is 1.66. The fourth-order valence-electron chi connectivity index (χ4n) is 2.83. The van der Waals surface area contributed by atoms with Gasteiger partial charge in [0.15, 0.2) is 0 Å². The lowest BCUT2D eigenvalue weighted by Crippen LogP contribution is -2.57. The highest BCUT2D eigenvalue weighted by Gasteiger charge is 2.35. The van der Waals surface area contributed by atoms with Crippen molar-refractivity contribution < 1.29 is 9.53 Å². The third kappa shape index (κ3) is 3.58. The number of carbonyl (C=O) groups is 1. The summed E-state index contributed by atoms with van der Waals surface area (Å²) in [6.07, 6.45) is 0. The van der Waals surface area contributed by atoms with Crippen molar-refractivity contribution in [3.8, 4) is 17.6 Å². The van der Waals surface area contributed by atoms with Gasteiger partial charge in [0.25, 0.3) is 0 Å². The summed E-state index contributed by atoms with van der Waals surface area (Å²) in [6, 6.07) is 14.8. The first-order valence-corrected chi connectivity index (χ1v) is 8.34. The van der Waals surface area contributed by atoms with Crippen LogP contribution in [0.4, 0.5) is 10.5 Å². The second kappa shape index (κ2) is 6.86. The van der Waals surface area contributed by atoms with Crippen molar-refractivity contribution in [1.29, 1.82) is 5.26 Å². The molecular formula is C20H21N3O2. The van der Waals surface area contributed by atoms with Crippen LogP contribution in [0.15, 0.2) is 42.5 Å². The lowest BCUT2D eigenvalue weighted by molar-refractivity contribution is 0.0798. The second-order valence-electron chi connectivity index (χ2n) is 6.52. The van der Waals surface area contributed by atoms with Gasteiger partial charge in [-0.2, -0.15) is 5.26 Å². The molecule has 2 unspecified atom stereocenters. The van der Waals surface area contributed by atoms with Gasteiger partial charge in [0.05, 0.1) is 11.6 Å². The number of nitrogens with one attached hydrogen (secondary N) is 1. The van der Waals surface area contributed by atoms with Crippen LogP contribution in [0.1, 0.15) is 25.0 Å². The van der Waals surface area contributed by atoms with E-state index in [9.17, 15) is 4.79 Å². The molecular weight excluding hydrogens is 314 g/mol. The smallest absolute Gasteiger partial charge is 0.322 e. The summed E-state index contributed by atoms with van der Waals surface area (Å²) in [7, 11) is 0. The molecule has 2 aromatic rings. The average Bonchev–Trinajstić information content (AvgIpc) is 2.62. The molecule has 0 spiro atoms. The van der Waals surface area contributed by atoms with Gasteiger partial charge in [0.2, 0.25) is 0 Å². The number of likely N-dealkylation sites (tertiary alicyclic amines) is 1. The summed E-state index contributed by atoms with van der Waals surface area (Å²) >= 11 is 0. The van der Waals surface area contributed by atoms with Crippen LogP contribution in [0, 0.1) is 24.2 Å². The quantitative estimate of drug-likeness (QED) is 0.896. The van der Waals surface area contributed by atoms with Gasteiger partial charge in [-0.3, -0.25) is 0 Å². The van der Waals surface area contributed by atoms with Gasteiger partial charge < -0.3 is 15.0 Å². The Kier molecular flexibility index (Phi) is 4.62. The van der Waals surface area contributed by atoms with E-state index in [-0.39, 0.29) is 12.1 Å². The molecule has 1 aliphatic heterocycles. The lowest BCUT2D eigenvalue weighted by Gasteiger charge is -2.44. The highest BCUT2D eigenvalue weighted by Crippen LogP contribution is 2.28. The number of ether oxygens (including phenoxy) is 1. The predicted octanol–water partition coefficient (Wildman–Crippen LogP) is 4.53. The molecule has 128 valence electrons. The van der Waals surface area contributed by atoms with Crippen LogP contribution in [0.2, 0.25) is 0 Å². The number of nitriles is 1. The van der Waals surface area contributed by atoms with Crippen molar-refractivity contribution in [1.82, 2.24) is 4.90 Å². The first kappa shape index (κ1) is 16.8. The van der Waals surface area contributed by atoms with E-state index in [4.69, 9.17) is 10.00 Å². The van der Waals surface area contributed by atoms with Crippen LogP contribution >= 0.6 is 0 Å². The maximum atomic E-state index is 12.3. The molecule has 2 aromatic carbocycles. The van der Waals surface area contributed by atoms with E-state index in [1.807, 2.05) is 30.0 Å². The number of anilines is 1. The van der Waals surface area contributed by atoms with E-state index in [0.29, 0.717) is 23.0 Å². The summed E-state index contributed by atoms with van der Waals surface area (Å²) in [5.41, 5.74) is 2.31. The minimum atomic E-state index is -0.0607. The largest absolute Gasteiger partial charge is 0.457 e. The number of rotatable bonds is 3. The minimum Gasteiger partial charge on any atom is -0.457 e. The SMILES string of the molecule is Cc1cc(Oc2ccc(C#N)cc2)ccc1NC(=O)N1CC(C)C1C. The van der Waals surface area contributed by atoms with Crippen LogP contribution in [0.25, 0.3) is 0 Å². The zero-order chi connectivity index (χ0) is 18.0. The van der Waals surface area contributed by atoms with E-state index < -0.39 is 0 Å². The maximum absolute atomic E-state index is 12.3. The van der Waals surface area contributed by atoms with E-state index >= 15 is 0 Å². The molecule has 5 nitrogen and oxygen atoms in total. The van der Waals surface area contributed by atoms with E-state index in [0.717, 1.165) is 17.8 Å². The number of benzene rings is 2. The van der Waals surface area contributed by atoms with Crippen LogP contribution < -0.4 is 10.1 Å². The highest BCUT2D eigenvalue weighted by atomic mass is 16.5. The monoisotopic (exact) mass is 335 g/mol. The van der Waals surface area contributed by atoms with E-state index in [1.54, 1.807) is 24.3 Å². The number of amides is 2. The van der Waals surface area contributed by atoms with Crippen molar-refractivity contribution in [2.75, 3.05) is 11.9 Å². The van der Waals surface area contributed by atoms with Gasteiger partial charge in [0, 0.05) is 18.3 Å². The Morgan fingerprint density at radius 2 is 1.88 bits per heavy atom. The topological polar surface area (TPSA) is 65.4 Å². The maximum Gasteiger partial charge on any atom is 0.322 e. The first-order chi connectivity index (χ1) is 12.0. The molecule has 0 bridgehead atoms. The summed E-state index contributed by atoms with van der Waals surface area (Å²) < 4.78 is 5.80. The van der Waals surface area contributed by atoms with Crippen LogP contribution in [-0.2, 0) is 0 Å². The van der Waals surface area contributed by atoms with Gasteiger partial charge in [-0.05, 0) is 67.8 Å². The Morgan fingerprint density at radius 1 is 1.20 bits per heavy atom. The molecule has 0 radical (unpaired) electrons. The highest BCUT2D eigenvalue weighted by molar-refractivity contribution is 5.91. The summed E-state index contributed by atoms with van der Waals surface area (Å²) in [5.74, 6) is 1.90. The molecule has 0 saturated carbocycles. The number of nitrogens with zero attached hydrogens (tertiary/aromatic N) is 2. The molecule has 2 amide bonds. The number of hydrogen-bond donors (Lipinski definition) is 1. The van der Waals surface area contributed by atoms with Crippen molar-refractivity contribution >= 4 is 11.7 Å². The minimum absolute atomic E-state index is 0.0607. The fraction of sp³-hybridized carbons (Fsp3) is 0.300. The van der Waals surface area contributed by atoms with Gasteiger partial charge in [0.1, 0.15) is 11.5 Å². The Hall–Kier alpha value is -3.00. The third-order valence-corrected chi connectivity index (χ3v) is 4.72. The van der Waals surface area contributed by atoms with Crippen molar-refractivity contribution in [3.05, 3.63) is 53.6 Å². The molecule has 0 aliphatic carbocycles. The number of aryl methyl sites for hydroxylation is 1. The van der Waals surface area contributed by atoms with Crippen LogP contribution in [-0.4, -0.2) is 23.5 Å². The Morgan fingerprint density at radius 3 is 2.44 bits per heavy atom. The molecule has 0 aromatic heterocycles. The standard InChI is InChI=1S/C20H21N3O2/c1-13-10-18(25-17-6-4-16(11-21)5-7-17)8-9-19(13)22-20(24)23-12-14(2)15(23)3/h4-10,14-15H,12H2,1-3H3,(H,22,24). The zero-order valence-electron chi connectivity index (χ0n) is 14.6. The molecule has 1 aliphatic rings. The molecule has 1 N–H and O–H groups in total. The molecule has 2 atom stereocenters. The molecule has 1 saturated heterocycles. The lowest BCUT2D eigenvalue weighted by atomic mass is 9.93. The summed E-state index contributed by atoms with van der Waals surface area (Å²) in [4.78, 5) is 14.1. The molecule has 25 heavy (non-hydrogen) atoms. The number of hydrogen-bond acceptors (Lipinski definition) is 3. The second-order valence-corrected chi connectivity index (χ2v) is 6.52. The van der Waals surface area contributed by atoms with Gasteiger partial charge in [-0.25, -0.2) is 4.79 Å². The third-order valence-electron chi connectivity index (χ3n) is 4.72. The van der Waals surface area contributed by atoms with Crippen molar-refractivity contribution in [3.63, 3.8) is 0 Å². The number of carbonyl (C=O) groups excluding carboxylic acids is 1. The summed E-state index contributed by atoms with van der Waals surface area (Å²) in [6.45, 7) is 6.94. The molecule has 3 rings (SSSR count). The predicted molar refractivity (Wildman–Crippen MR) is 96.8 cm³/mol. The Bertz CT molecular complexity index is 824. The van der Waals surface area contributed by atoms with Crippen molar-refractivity contribution in [2.24, 2.45) is 5.92 Å². The van der Waals surface area contributed by atoms with Gasteiger partial charge in [-0.1, -0.05) is 6.92 Å². The van der Waals surface area contributed by atoms with Crippen LogP contribution in [0.3, 0.4) is 0 Å². The molecule has 5 heteroatoms. The van der Waals surface area contributed by atoms with E-state index in [2.05, 4.69) is 25.2 Å². The zero-order valence-corrected chi connectivity index (χ0v) is 14.6. The molecule has 1 heterocycles. The Labute approximate surface area is 147 Å². The number of urea groups is 1. The van der Waals surface area contributed by atoms with Gasteiger partial charge >= 0.3 is 6.03 Å². The first-order valence-electron chi connectivity index (χ1n) is 8.34. The van der Waals surface area contributed by atoms with E-state index in [1.165, 1.54) is 0 Å². The normalized spacial score (nSPS) is 18.9. The average molecular weight is 335 g/mol. The summed E-state index contributed by atoms with van der Waals surface area (Å²) in [5, 5.41) is 11.8. The molecule has 1 fully saturated rings. The van der Waals surface area contributed by atoms with Gasteiger partial charge in [-0.15, -0.1) is 0 Å². The van der Waals surface area contributed by atoms with Crippen molar-refractivity contribution in [2.45, 2.75) is 26.8 Å². The fourth-order valence-corrected chi connectivity index (χ4v) is 2.83. The van der Waals surface area contributed by atoms with Crippen LogP contribution in [0.5, 0.6) is 11.5 Å².